The number of fused-ring (bicyclic) bond motifs is 3. The molecule has 0 aliphatic carbocycles. The van der Waals surface area contributed by atoms with Gasteiger partial charge < -0.3 is 15.2 Å². The highest BCUT2D eigenvalue weighted by Crippen LogP contribution is 2.40. The Morgan fingerprint density at radius 3 is 2.68 bits per heavy atom. The van der Waals surface area contributed by atoms with E-state index in [1.54, 1.807) is 6.07 Å². The highest BCUT2D eigenvalue weighted by Gasteiger charge is 2.46. The fourth-order valence-corrected chi connectivity index (χ4v) is 4.77. The van der Waals surface area contributed by atoms with E-state index in [4.69, 9.17) is 11.6 Å². The van der Waals surface area contributed by atoms with Gasteiger partial charge >= 0.3 is 0 Å². The van der Waals surface area contributed by atoms with Crippen LogP contribution >= 0.6 is 11.6 Å². The summed E-state index contributed by atoms with van der Waals surface area (Å²) >= 11 is 6.05. The fourth-order valence-electron chi connectivity index (χ4n) is 4.59. The number of rotatable bonds is 1. The average molecular weight is 394 g/mol. The Hall–Kier alpha value is -2.79. The highest BCUT2D eigenvalue weighted by atomic mass is 35.5. The molecule has 1 saturated heterocycles. The van der Waals surface area contributed by atoms with Crippen LogP contribution in [0, 0.1) is 0 Å². The van der Waals surface area contributed by atoms with Crippen LogP contribution in [0.25, 0.3) is 10.9 Å². The number of nitrogens with zero attached hydrogens (tertiary/aromatic N) is 1. The van der Waals surface area contributed by atoms with E-state index in [2.05, 4.69) is 22.4 Å². The Labute approximate surface area is 167 Å². The first-order chi connectivity index (χ1) is 13.6. The molecule has 0 saturated carbocycles. The molecule has 2 aliphatic rings. The summed E-state index contributed by atoms with van der Waals surface area (Å²) in [6, 6.07) is 15.5. The molecule has 1 fully saturated rings. The number of aromatic amines is 1. The second kappa shape index (κ2) is 6.38. The third-order valence-electron chi connectivity index (χ3n) is 6.12. The van der Waals surface area contributed by atoms with Crippen LogP contribution < -0.4 is 5.32 Å². The maximum absolute atomic E-state index is 13.0. The van der Waals surface area contributed by atoms with Crippen LogP contribution in [0.1, 0.15) is 34.5 Å². The standard InChI is InChI=1S/C22H20ClN3O2/c23-16-5-6-18-15(11-16)12-19(25-18)20(27)26-9-7-22(8-10-26)17-4-2-1-3-14(17)13-24-21(22)28/h1-6,11-12,25H,7-10,13H2,(H,24,28). The molecule has 5 nitrogen and oxygen atoms in total. The van der Waals surface area contributed by atoms with Crippen molar-refractivity contribution in [1.29, 1.82) is 0 Å². The Kier molecular flexibility index (Phi) is 3.95. The normalized spacial score (nSPS) is 18.2. The van der Waals surface area contributed by atoms with Crippen molar-refractivity contribution in [2.45, 2.75) is 24.8 Å². The monoisotopic (exact) mass is 393 g/mol. The molecule has 142 valence electrons. The van der Waals surface area contributed by atoms with Gasteiger partial charge in [-0.2, -0.15) is 0 Å². The van der Waals surface area contributed by atoms with Crippen LogP contribution in [0.4, 0.5) is 0 Å². The number of aromatic nitrogens is 1. The smallest absolute Gasteiger partial charge is 0.270 e. The maximum Gasteiger partial charge on any atom is 0.270 e. The predicted octanol–water partition coefficient (Wildman–Crippen LogP) is 3.63. The minimum absolute atomic E-state index is 0.0355. The Morgan fingerprint density at radius 1 is 1.07 bits per heavy atom. The molecule has 2 aromatic carbocycles. The lowest BCUT2D eigenvalue weighted by atomic mass is 9.68. The van der Waals surface area contributed by atoms with Crippen molar-refractivity contribution in [1.82, 2.24) is 15.2 Å². The molecule has 28 heavy (non-hydrogen) atoms. The third kappa shape index (κ3) is 2.61. The first-order valence-electron chi connectivity index (χ1n) is 9.51. The predicted molar refractivity (Wildman–Crippen MR) is 108 cm³/mol. The van der Waals surface area contributed by atoms with E-state index < -0.39 is 5.41 Å². The molecule has 3 aromatic rings. The molecule has 0 bridgehead atoms. The molecule has 0 atom stereocenters. The first kappa shape index (κ1) is 17.3. The van der Waals surface area contributed by atoms with Crippen LogP contribution in [0.3, 0.4) is 0 Å². The summed E-state index contributed by atoms with van der Waals surface area (Å²) in [5.41, 5.74) is 3.21. The van der Waals surface area contributed by atoms with Gasteiger partial charge in [-0.15, -0.1) is 0 Å². The van der Waals surface area contributed by atoms with Crippen LogP contribution in [0.2, 0.25) is 5.02 Å². The lowest BCUT2D eigenvalue weighted by molar-refractivity contribution is -0.129. The summed E-state index contributed by atoms with van der Waals surface area (Å²) in [7, 11) is 0. The van der Waals surface area contributed by atoms with Gasteiger partial charge in [0.1, 0.15) is 5.69 Å². The van der Waals surface area contributed by atoms with Crippen molar-refractivity contribution in [2.24, 2.45) is 0 Å². The zero-order valence-corrected chi connectivity index (χ0v) is 16.1. The summed E-state index contributed by atoms with van der Waals surface area (Å²) in [6.07, 6.45) is 1.27. The lowest BCUT2D eigenvalue weighted by Gasteiger charge is -2.44. The quantitative estimate of drug-likeness (QED) is 0.663. The van der Waals surface area contributed by atoms with E-state index >= 15 is 0 Å². The van der Waals surface area contributed by atoms with Crippen LogP contribution in [-0.2, 0) is 16.8 Å². The molecule has 0 unspecified atom stereocenters. The topological polar surface area (TPSA) is 65.2 Å². The van der Waals surface area contributed by atoms with Gasteiger partial charge in [0.05, 0.1) is 5.41 Å². The number of H-pyrrole nitrogens is 1. The number of carbonyl (C=O) groups is 2. The van der Waals surface area contributed by atoms with Gasteiger partial charge in [-0.3, -0.25) is 9.59 Å². The number of carbonyl (C=O) groups excluding carboxylic acids is 2. The number of hydrogen-bond donors (Lipinski definition) is 2. The highest BCUT2D eigenvalue weighted by molar-refractivity contribution is 6.31. The maximum atomic E-state index is 13.0. The van der Waals surface area contributed by atoms with Crippen molar-refractivity contribution >= 4 is 34.3 Å². The van der Waals surface area contributed by atoms with Crippen molar-refractivity contribution in [2.75, 3.05) is 13.1 Å². The number of amides is 2. The van der Waals surface area contributed by atoms with Gasteiger partial charge in [-0.25, -0.2) is 0 Å². The van der Waals surface area contributed by atoms with Crippen molar-refractivity contribution in [3.8, 4) is 0 Å². The SMILES string of the molecule is O=C(c1cc2cc(Cl)ccc2[nH]1)N1CCC2(CC1)C(=O)NCc1ccccc12. The number of nitrogens with one attached hydrogen (secondary N) is 2. The molecule has 5 rings (SSSR count). The van der Waals surface area contributed by atoms with Crippen LogP contribution in [0.15, 0.2) is 48.5 Å². The molecular weight excluding hydrogens is 374 g/mol. The van der Waals surface area contributed by atoms with Crippen LogP contribution in [0.5, 0.6) is 0 Å². The number of piperidine rings is 1. The van der Waals surface area contributed by atoms with E-state index in [-0.39, 0.29) is 11.8 Å². The molecule has 1 spiro atoms. The molecule has 6 heteroatoms. The van der Waals surface area contributed by atoms with Crippen molar-refractivity contribution < 1.29 is 9.59 Å². The van der Waals surface area contributed by atoms with E-state index in [1.807, 2.05) is 35.2 Å². The van der Waals surface area contributed by atoms with Gasteiger partial charge in [-0.1, -0.05) is 35.9 Å². The zero-order valence-electron chi connectivity index (χ0n) is 15.3. The second-order valence-electron chi connectivity index (χ2n) is 7.63. The average Bonchev–Trinajstić information content (AvgIpc) is 3.14. The van der Waals surface area contributed by atoms with E-state index in [1.165, 1.54) is 5.56 Å². The van der Waals surface area contributed by atoms with Crippen molar-refractivity contribution in [3.63, 3.8) is 0 Å². The molecule has 0 radical (unpaired) electrons. The first-order valence-corrected chi connectivity index (χ1v) is 9.89. The lowest BCUT2D eigenvalue weighted by Crippen LogP contribution is -2.55. The Balaban J connectivity index is 1.39. The molecule has 3 heterocycles. The summed E-state index contributed by atoms with van der Waals surface area (Å²) in [5, 5.41) is 4.60. The summed E-state index contributed by atoms with van der Waals surface area (Å²) < 4.78 is 0. The molecular formula is C22H20ClN3O2. The van der Waals surface area contributed by atoms with E-state index in [0.29, 0.717) is 43.2 Å². The van der Waals surface area contributed by atoms with Gasteiger partial charge in [0.15, 0.2) is 0 Å². The molecule has 1 aromatic heterocycles. The number of halogens is 1. The summed E-state index contributed by atoms with van der Waals surface area (Å²) in [4.78, 5) is 30.8. The summed E-state index contributed by atoms with van der Waals surface area (Å²) in [5.74, 6) is 0.0465. The minimum Gasteiger partial charge on any atom is -0.351 e. The van der Waals surface area contributed by atoms with Gasteiger partial charge in [0.2, 0.25) is 5.91 Å². The van der Waals surface area contributed by atoms with Gasteiger partial charge in [-0.05, 0) is 48.2 Å². The molecule has 2 N–H and O–H groups in total. The third-order valence-corrected chi connectivity index (χ3v) is 6.36. The fraction of sp³-hybridized carbons (Fsp3) is 0.273. The van der Waals surface area contributed by atoms with Crippen LogP contribution in [-0.4, -0.2) is 34.8 Å². The largest absolute Gasteiger partial charge is 0.351 e. The summed E-state index contributed by atoms with van der Waals surface area (Å²) in [6.45, 7) is 1.68. The zero-order chi connectivity index (χ0) is 19.3. The van der Waals surface area contributed by atoms with Crippen molar-refractivity contribution in [3.05, 3.63) is 70.4 Å². The number of benzene rings is 2. The Morgan fingerprint density at radius 2 is 1.86 bits per heavy atom. The number of hydrogen-bond acceptors (Lipinski definition) is 2. The van der Waals surface area contributed by atoms with Gasteiger partial charge in [0.25, 0.3) is 5.91 Å². The minimum atomic E-state index is -0.528. The van der Waals surface area contributed by atoms with E-state index in [9.17, 15) is 9.59 Å². The molecule has 2 amide bonds. The number of likely N-dealkylation sites (tertiary alicyclic amines) is 1. The molecule has 2 aliphatic heterocycles. The van der Waals surface area contributed by atoms with E-state index in [0.717, 1.165) is 16.5 Å². The van der Waals surface area contributed by atoms with Gasteiger partial charge in [0, 0.05) is 35.6 Å². The second-order valence-corrected chi connectivity index (χ2v) is 8.07. The Bertz CT molecular complexity index is 1100.